The van der Waals surface area contributed by atoms with E-state index in [9.17, 15) is 4.79 Å². The lowest BCUT2D eigenvalue weighted by atomic mass is 10.0. The Morgan fingerprint density at radius 1 is 1.25 bits per heavy atom. The van der Waals surface area contributed by atoms with Gasteiger partial charge in [0.2, 0.25) is 0 Å². The molecule has 0 aliphatic carbocycles. The highest BCUT2D eigenvalue weighted by atomic mass is 16.7. The average molecular weight is 283 g/mol. The molecule has 3 fully saturated rings. The van der Waals surface area contributed by atoms with Crippen molar-refractivity contribution in [1.29, 1.82) is 0 Å². The van der Waals surface area contributed by atoms with Crippen molar-refractivity contribution >= 4 is 6.09 Å². The van der Waals surface area contributed by atoms with Crippen molar-refractivity contribution in [3.05, 3.63) is 0 Å². The monoisotopic (exact) mass is 283 g/mol. The number of piperidine rings is 1. The molecule has 2 bridgehead atoms. The van der Waals surface area contributed by atoms with E-state index in [0.717, 1.165) is 38.7 Å². The number of nitrogens with zero attached hydrogens (tertiary/aromatic N) is 1. The normalized spacial score (nSPS) is 37.0. The molecule has 3 aliphatic rings. The fourth-order valence-electron chi connectivity index (χ4n) is 3.78. The number of fused-ring (bicyclic) bond motifs is 2. The second kappa shape index (κ2) is 6.31. The van der Waals surface area contributed by atoms with Gasteiger partial charge in [-0.3, -0.25) is 4.90 Å². The Balaban J connectivity index is 1.63. The third-order valence-corrected chi connectivity index (χ3v) is 4.66. The van der Waals surface area contributed by atoms with Crippen molar-refractivity contribution in [2.24, 2.45) is 0 Å². The molecule has 0 aromatic heterocycles. The molecule has 3 rings (SSSR count). The Morgan fingerprint density at radius 2 is 2.15 bits per heavy atom. The topological polar surface area (TPSA) is 48.0 Å². The first-order valence-corrected chi connectivity index (χ1v) is 8.01. The van der Waals surface area contributed by atoms with Crippen molar-refractivity contribution in [1.82, 2.24) is 4.90 Å². The van der Waals surface area contributed by atoms with Gasteiger partial charge in [-0.05, 0) is 51.9 Å². The van der Waals surface area contributed by atoms with Crippen LogP contribution in [0.5, 0.6) is 0 Å². The van der Waals surface area contributed by atoms with E-state index in [1.54, 1.807) is 0 Å². The van der Waals surface area contributed by atoms with Gasteiger partial charge >= 0.3 is 6.09 Å². The van der Waals surface area contributed by atoms with E-state index in [2.05, 4.69) is 0 Å². The first-order chi connectivity index (χ1) is 9.79. The van der Waals surface area contributed by atoms with Gasteiger partial charge in [-0.1, -0.05) is 0 Å². The van der Waals surface area contributed by atoms with Crippen LogP contribution in [0.4, 0.5) is 4.79 Å². The van der Waals surface area contributed by atoms with Crippen molar-refractivity contribution in [3.63, 3.8) is 0 Å². The van der Waals surface area contributed by atoms with Crippen LogP contribution >= 0.6 is 0 Å². The molecular weight excluding hydrogens is 258 g/mol. The van der Waals surface area contributed by atoms with Gasteiger partial charge in [-0.15, -0.1) is 0 Å². The third-order valence-electron chi connectivity index (χ3n) is 4.66. The zero-order valence-electron chi connectivity index (χ0n) is 12.3. The van der Waals surface area contributed by atoms with Crippen molar-refractivity contribution in [3.8, 4) is 0 Å². The maximum absolute atomic E-state index is 12.1. The Kier molecular flexibility index (Phi) is 4.46. The summed E-state index contributed by atoms with van der Waals surface area (Å²) in [7, 11) is 0. The van der Waals surface area contributed by atoms with E-state index in [0.29, 0.717) is 12.6 Å². The number of carbonyl (C=O) groups is 1. The molecule has 1 amide bonds. The van der Waals surface area contributed by atoms with E-state index in [1.165, 1.54) is 12.8 Å². The number of amides is 1. The maximum atomic E-state index is 12.1. The molecule has 0 aromatic rings. The first-order valence-electron chi connectivity index (χ1n) is 8.01. The zero-order chi connectivity index (χ0) is 13.9. The van der Waals surface area contributed by atoms with Gasteiger partial charge < -0.3 is 14.2 Å². The number of ether oxygens (including phenoxy) is 3. The van der Waals surface area contributed by atoms with Crippen LogP contribution < -0.4 is 0 Å². The molecule has 20 heavy (non-hydrogen) atoms. The molecule has 5 nitrogen and oxygen atoms in total. The Bertz CT molecular complexity index is 343. The van der Waals surface area contributed by atoms with Crippen LogP contribution in [0.1, 0.15) is 51.9 Å². The predicted octanol–water partition coefficient (Wildman–Crippen LogP) is 2.68. The van der Waals surface area contributed by atoms with Gasteiger partial charge in [0.15, 0.2) is 6.29 Å². The van der Waals surface area contributed by atoms with Crippen LogP contribution in [0.25, 0.3) is 0 Å². The summed E-state index contributed by atoms with van der Waals surface area (Å²) < 4.78 is 17.0. The molecule has 0 spiro atoms. The van der Waals surface area contributed by atoms with Crippen molar-refractivity contribution < 1.29 is 19.0 Å². The molecule has 1 unspecified atom stereocenters. The highest BCUT2D eigenvalue weighted by Crippen LogP contribution is 2.38. The summed E-state index contributed by atoms with van der Waals surface area (Å²) in [5.74, 6) is 0. The second-order valence-corrected chi connectivity index (χ2v) is 5.96. The summed E-state index contributed by atoms with van der Waals surface area (Å²) in [5.41, 5.74) is 0. The Morgan fingerprint density at radius 3 is 2.90 bits per heavy atom. The van der Waals surface area contributed by atoms with Gasteiger partial charge in [-0.2, -0.15) is 0 Å². The van der Waals surface area contributed by atoms with Crippen LogP contribution in [0, 0.1) is 0 Å². The quantitative estimate of drug-likeness (QED) is 0.799. The van der Waals surface area contributed by atoms with Gasteiger partial charge in [-0.25, -0.2) is 4.79 Å². The van der Waals surface area contributed by atoms with Crippen LogP contribution in [0.3, 0.4) is 0 Å². The fraction of sp³-hybridized carbons (Fsp3) is 0.933. The minimum absolute atomic E-state index is 0.0721. The molecule has 0 N–H and O–H groups in total. The summed E-state index contributed by atoms with van der Waals surface area (Å²) in [6, 6.07) is 0.472. The molecule has 0 radical (unpaired) electrons. The molecule has 114 valence electrons. The van der Waals surface area contributed by atoms with Crippen molar-refractivity contribution in [2.45, 2.75) is 76.3 Å². The zero-order valence-corrected chi connectivity index (χ0v) is 12.3. The third kappa shape index (κ3) is 2.79. The smallest absolute Gasteiger partial charge is 0.410 e. The van der Waals surface area contributed by atoms with E-state index in [-0.39, 0.29) is 24.5 Å². The average Bonchev–Trinajstić information content (AvgIpc) is 2.67. The highest BCUT2D eigenvalue weighted by Gasteiger charge is 2.48. The lowest BCUT2D eigenvalue weighted by Crippen LogP contribution is -2.47. The molecule has 3 aliphatic heterocycles. The van der Waals surface area contributed by atoms with E-state index < -0.39 is 0 Å². The highest BCUT2D eigenvalue weighted by molar-refractivity contribution is 5.69. The molecule has 3 heterocycles. The number of rotatable bonds is 3. The molecule has 0 aromatic carbocycles. The van der Waals surface area contributed by atoms with Gasteiger partial charge in [0.05, 0.1) is 18.8 Å². The largest absolute Gasteiger partial charge is 0.450 e. The van der Waals surface area contributed by atoms with E-state index in [4.69, 9.17) is 14.2 Å². The molecule has 3 saturated heterocycles. The maximum Gasteiger partial charge on any atom is 0.410 e. The van der Waals surface area contributed by atoms with Gasteiger partial charge in [0.25, 0.3) is 0 Å². The van der Waals surface area contributed by atoms with Crippen LogP contribution in [0.15, 0.2) is 0 Å². The van der Waals surface area contributed by atoms with E-state index in [1.807, 2.05) is 11.8 Å². The Hall–Kier alpha value is -0.810. The fourth-order valence-corrected chi connectivity index (χ4v) is 3.78. The lowest BCUT2D eigenvalue weighted by molar-refractivity contribution is -0.191. The first kappa shape index (κ1) is 14.1. The van der Waals surface area contributed by atoms with Gasteiger partial charge in [0, 0.05) is 12.6 Å². The van der Waals surface area contributed by atoms with Crippen LogP contribution in [0.2, 0.25) is 0 Å². The predicted molar refractivity (Wildman–Crippen MR) is 73.4 cm³/mol. The minimum atomic E-state index is -0.169. The molecular formula is C15H25NO4. The molecule has 5 heteroatoms. The van der Waals surface area contributed by atoms with Gasteiger partial charge in [0.1, 0.15) is 0 Å². The second-order valence-electron chi connectivity index (χ2n) is 5.96. The van der Waals surface area contributed by atoms with E-state index >= 15 is 0 Å². The summed E-state index contributed by atoms with van der Waals surface area (Å²) in [6.45, 7) is 3.09. The van der Waals surface area contributed by atoms with Crippen LogP contribution in [-0.4, -0.2) is 48.7 Å². The molecule has 4 atom stereocenters. The Labute approximate surface area is 120 Å². The molecule has 0 saturated carbocycles. The summed E-state index contributed by atoms with van der Waals surface area (Å²) in [4.78, 5) is 14.0. The lowest BCUT2D eigenvalue weighted by Gasteiger charge is -2.35. The summed E-state index contributed by atoms with van der Waals surface area (Å²) in [6.07, 6.45) is 7.37. The SMILES string of the molecule is CCOC(=O)N1[C@H]2CCC[C@@H]1[C@@H](OC1CCCCO1)C2. The summed E-state index contributed by atoms with van der Waals surface area (Å²) in [5, 5.41) is 0. The number of hydrogen-bond donors (Lipinski definition) is 0. The van der Waals surface area contributed by atoms with Crippen LogP contribution in [-0.2, 0) is 14.2 Å². The minimum Gasteiger partial charge on any atom is -0.450 e. The number of hydrogen-bond acceptors (Lipinski definition) is 4. The summed E-state index contributed by atoms with van der Waals surface area (Å²) >= 11 is 0. The standard InChI is InChI=1S/C15H25NO4/c1-2-18-15(17)16-11-6-5-7-12(16)13(10-11)20-14-8-3-4-9-19-14/h11-14H,2-10H2,1H3/t11-,12+,13-,14?/m0/s1. The van der Waals surface area contributed by atoms with Crippen molar-refractivity contribution in [2.75, 3.05) is 13.2 Å². The number of carbonyl (C=O) groups excluding carboxylic acids is 1.